The summed E-state index contributed by atoms with van der Waals surface area (Å²) in [6.45, 7) is 7.47. The number of carbonyl (C=O) groups is 1. The second-order valence-corrected chi connectivity index (χ2v) is 7.69. The average molecular weight is 354 g/mol. The SMILES string of the molecule is CN(C)[C@H](C(=O)NCCOc1ccc(C(C)(C)C)cc1)c1ccccc1. The predicted molar refractivity (Wildman–Crippen MR) is 107 cm³/mol. The molecule has 0 heterocycles. The van der Waals surface area contributed by atoms with E-state index in [1.807, 2.05) is 61.5 Å². The lowest BCUT2D eigenvalue weighted by Gasteiger charge is -2.24. The fourth-order valence-electron chi connectivity index (χ4n) is 2.81. The fraction of sp³-hybridized carbons (Fsp3) is 0.409. The van der Waals surface area contributed by atoms with Crippen LogP contribution in [0.5, 0.6) is 5.75 Å². The third-order valence-corrected chi connectivity index (χ3v) is 4.27. The summed E-state index contributed by atoms with van der Waals surface area (Å²) in [7, 11) is 3.81. The minimum atomic E-state index is -0.303. The monoisotopic (exact) mass is 354 g/mol. The van der Waals surface area contributed by atoms with E-state index in [1.54, 1.807) is 0 Å². The van der Waals surface area contributed by atoms with Crippen molar-refractivity contribution in [3.63, 3.8) is 0 Å². The summed E-state index contributed by atoms with van der Waals surface area (Å²) >= 11 is 0. The zero-order chi connectivity index (χ0) is 19.2. The van der Waals surface area contributed by atoms with Crippen molar-refractivity contribution in [2.24, 2.45) is 0 Å². The van der Waals surface area contributed by atoms with Gasteiger partial charge in [0.2, 0.25) is 5.91 Å². The van der Waals surface area contributed by atoms with Gasteiger partial charge in [0.1, 0.15) is 18.4 Å². The smallest absolute Gasteiger partial charge is 0.242 e. The Hall–Kier alpha value is -2.33. The molecule has 1 atom stereocenters. The number of amides is 1. The van der Waals surface area contributed by atoms with Gasteiger partial charge in [-0.2, -0.15) is 0 Å². The molecule has 4 nitrogen and oxygen atoms in total. The molecule has 0 aliphatic heterocycles. The molecule has 0 radical (unpaired) electrons. The lowest BCUT2D eigenvalue weighted by molar-refractivity contribution is -0.125. The number of rotatable bonds is 7. The number of ether oxygens (including phenoxy) is 1. The Kier molecular flexibility index (Phi) is 6.81. The van der Waals surface area contributed by atoms with Crippen LogP contribution in [0, 0.1) is 0 Å². The van der Waals surface area contributed by atoms with Crippen molar-refractivity contribution >= 4 is 5.91 Å². The molecule has 1 N–H and O–H groups in total. The van der Waals surface area contributed by atoms with E-state index >= 15 is 0 Å². The van der Waals surface area contributed by atoms with Gasteiger partial charge in [-0.25, -0.2) is 0 Å². The van der Waals surface area contributed by atoms with Crippen LogP contribution in [0.2, 0.25) is 0 Å². The molecular weight excluding hydrogens is 324 g/mol. The van der Waals surface area contributed by atoms with Crippen LogP contribution in [0.4, 0.5) is 0 Å². The third kappa shape index (κ3) is 5.60. The van der Waals surface area contributed by atoms with Crippen molar-refractivity contribution < 1.29 is 9.53 Å². The van der Waals surface area contributed by atoms with Crippen LogP contribution in [0.3, 0.4) is 0 Å². The largest absolute Gasteiger partial charge is 0.492 e. The molecule has 0 aliphatic carbocycles. The maximum absolute atomic E-state index is 12.5. The molecule has 26 heavy (non-hydrogen) atoms. The molecule has 0 saturated heterocycles. The van der Waals surface area contributed by atoms with Gasteiger partial charge in [-0.15, -0.1) is 0 Å². The number of nitrogens with one attached hydrogen (secondary N) is 1. The van der Waals surface area contributed by atoms with Crippen molar-refractivity contribution in [2.45, 2.75) is 32.2 Å². The Morgan fingerprint density at radius 2 is 1.65 bits per heavy atom. The summed E-state index contributed by atoms with van der Waals surface area (Å²) < 4.78 is 5.74. The molecule has 4 heteroatoms. The molecule has 2 aromatic rings. The average Bonchev–Trinajstić information content (AvgIpc) is 2.59. The van der Waals surface area contributed by atoms with E-state index in [1.165, 1.54) is 5.56 Å². The quantitative estimate of drug-likeness (QED) is 0.770. The summed E-state index contributed by atoms with van der Waals surface area (Å²) in [5, 5.41) is 2.96. The highest BCUT2D eigenvalue weighted by Gasteiger charge is 2.22. The Morgan fingerprint density at radius 3 is 2.19 bits per heavy atom. The predicted octanol–water partition coefficient (Wildman–Crippen LogP) is 3.78. The van der Waals surface area contributed by atoms with Crippen LogP contribution in [0.25, 0.3) is 0 Å². The summed E-state index contributed by atoms with van der Waals surface area (Å²) in [5.74, 6) is 0.798. The second kappa shape index (κ2) is 8.86. The molecule has 0 unspecified atom stereocenters. The van der Waals surface area contributed by atoms with E-state index < -0.39 is 0 Å². The van der Waals surface area contributed by atoms with E-state index in [4.69, 9.17) is 4.74 Å². The first-order valence-electron chi connectivity index (χ1n) is 9.01. The molecule has 2 aromatic carbocycles. The highest BCUT2D eigenvalue weighted by Crippen LogP contribution is 2.24. The lowest BCUT2D eigenvalue weighted by atomic mass is 9.87. The Labute approximate surface area is 157 Å². The van der Waals surface area contributed by atoms with Gasteiger partial charge < -0.3 is 10.1 Å². The highest BCUT2D eigenvalue weighted by molar-refractivity contribution is 5.83. The van der Waals surface area contributed by atoms with Crippen LogP contribution in [-0.4, -0.2) is 38.1 Å². The second-order valence-electron chi connectivity index (χ2n) is 7.69. The standard InChI is InChI=1S/C22H30N2O2/c1-22(2,3)18-11-13-19(14-12-18)26-16-15-23-21(25)20(24(4)5)17-9-7-6-8-10-17/h6-14,20H,15-16H2,1-5H3,(H,23,25)/t20-/m0/s1. The molecule has 0 fully saturated rings. The van der Waals surface area contributed by atoms with Gasteiger partial charge >= 0.3 is 0 Å². The zero-order valence-electron chi connectivity index (χ0n) is 16.5. The van der Waals surface area contributed by atoms with Gasteiger partial charge in [0, 0.05) is 0 Å². The molecule has 0 aliphatic rings. The minimum Gasteiger partial charge on any atom is -0.492 e. The normalized spacial score (nSPS) is 12.7. The van der Waals surface area contributed by atoms with E-state index in [-0.39, 0.29) is 17.4 Å². The molecule has 0 bridgehead atoms. The number of nitrogens with zero attached hydrogens (tertiary/aromatic N) is 1. The van der Waals surface area contributed by atoms with Crippen LogP contribution in [0.1, 0.15) is 37.9 Å². The molecule has 0 aromatic heterocycles. The van der Waals surface area contributed by atoms with Gasteiger partial charge in [0.15, 0.2) is 0 Å². The molecule has 1 amide bonds. The summed E-state index contributed by atoms with van der Waals surface area (Å²) in [6.07, 6.45) is 0. The summed E-state index contributed by atoms with van der Waals surface area (Å²) in [6, 6.07) is 17.6. The number of hydrogen-bond donors (Lipinski definition) is 1. The Balaban J connectivity index is 1.84. The summed E-state index contributed by atoms with van der Waals surface area (Å²) in [4.78, 5) is 14.5. The number of benzene rings is 2. The van der Waals surface area contributed by atoms with Crippen molar-refractivity contribution in [1.82, 2.24) is 10.2 Å². The molecule has 0 saturated carbocycles. The lowest BCUT2D eigenvalue weighted by Crippen LogP contribution is -2.38. The maximum atomic E-state index is 12.5. The third-order valence-electron chi connectivity index (χ3n) is 4.27. The van der Waals surface area contributed by atoms with Gasteiger partial charge in [0.25, 0.3) is 0 Å². The van der Waals surface area contributed by atoms with Crippen molar-refractivity contribution in [3.8, 4) is 5.75 Å². The Morgan fingerprint density at radius 1 is 1.04 bits per heavy atom. The number of likely N-dealkylation sites (N-methyl/N-ethyl adjacent to an activating group) is 1. The summed E-state index contributed by atoms with van der Waals surface area (Å²) in [5.41, 5.74) is 2.38. The van der Waals surface area contributed by atoms with Crippen LogP contribution < -0.4 is 10.1 Å². The van der Waals surface area contributed by atoms with E-state index in [0.29, 0.717) is 13.2 Å². The van der Waals surface area contributed by atoms with E-state index in [2.05, 4.69) is 38.2 Å². The van der Waals surface area contributed by atoms with Crippen molar-refractivity contribution in [1.29, 1.82) is 0 Å². The molecule has 2 rings (SSSR count). The van der Waals surface area contributed by atoms with Crippen molar-refractivity contribution in [3.05, 3.63) is 65.7 Å². The van der Waals surface area contributed by atoms with Crippen LogP contribution in [-0.2, 0) is 10.2 Å². The first kappa shape index (κ1) is 20.0. The molecule has 0 spiro atoms. The number of hydrogen-bond acceptors (Lipinski definition) is 3. The fourth-order valence-corrected chi connectivity index (χ4v) is 2.81. The van der Waals surface area contributed by atoms with Crippen molar-refractivity contribution in [2.75, 3.05) is 27.2 Å². The van der Waals surface area contributed by atoms with E-state index in [0.717, 1.165) is 11.3 Å². The highest BCUT2D eigenvalue weighted by atomic mass is 16.5. The minimum absolute atomic E-state index is 0.0205. The Bertz CT molecular complexity index is 688. The molecular formula is C22H30N2O2. The van der Waals surface area contributed by atoms with Crippen LogP contribution >= 0.6 is 0 Å². The first-order valence-corrected chi connectivity index (χ1v) is 9.01. The zero-order valence-corrected chi connectivity index (χ0v) is 16.5. The maximum Gasteiger partial charge on any atom is 0.242 e. The van der Waals surface area contributed by atoms with E-state index in [9.17, 15) is 4.79 Å². The van der Waals surface area contributed by atoms with Gasteiger partial charge in [0.05, 0.1) is 6.54 Å². The topological polar surface area (TPSA) is 41.6 Å². The van der Waals surface area contributed by atoms with Crippen LogP contribution in [0.15, 0.2) is 54.6 Å². The first-order chi connectivity index (χ1) is 12.3. The van der Waals surface area contributed by atoms with Gasteiger partial charge in [-0.1, -0.05) is 63.2 Å². The number of carbonyl (C=O) groups excluding carboxylic acids is 1. The molecule has 140 valence electrons. The van der Waals surface area contributed by atoms with Gasteiger partial charge in [-0.05, 0) is 42.8 Å². The van der Waals surface area contributed by atoms with Gasteiger partial charge in [-0.3, -0.25) is 9.69 Å².